The maximum Gasteiger partial charge on any atom is 0.339 e. The second-order valence-electron chi connectivity index (χ2n) is 5.96. The van der Waals surface area contributed by atoms with Crippen LogP contribution in [0.4, 0.5) is 0 Å². The Morgan fingerprint density at radius 2 is 2.08 bits per heavy atom. The van der Waals surface area contributed by atoms with Gasteiger partial charge in [-0.3, -0.25) is 4.79 Å². The number of hydrogen-bond donors (Lipinski definition) is 1. The van der Waals surface area contributed by atoms with Gasteiger partial charge < -0.3 is 19.2 Å². The number of carbonyl (C=O) groups is 2. The van der Waals surface area contributed by atoms with Crippen molar-refractivity contribution in [1.29, 1.82) is 0 Å². The van der Waals surface area contributed by atoms with Crippen molar-refractivity contribution < 1.29 is 23.8 Å². The number of ether oxygens (including phenoxy) is 1. The number of rotatable bonds is 5. The SMILES string of the molecule is CCc1oc(C(=O)N2CCC(Oc3ccc(Cl)c(Cl)c3)C2)cc1C(=O)O. The maximum atomic E-state index is 12.6. The Kier molecular flexibility index (Phi) is 5.44. The Hall–Kier alpha value is -2.18. The normalized spacial score (nSPS) is 16.7. The number of carboxylic acid groups (broad SMARTS) is 1. The van der Waals surface area contributed by atoms with Gasteiger partial charge in [0.05, 0.1) is 16.6 Å². The molecule has 26 heavy (non-hydrogen) atoms. The molecule has 3 rings (SSSR count). The van der Waals surface area contributed by atoms with Gasteiger partial charge in [0.2, 0.25) is 0 Å². The fourth-order valence-electron chi connectivity index (χ4n) is 2.89. The number of carbonyl (C=O) groups excluding carboxylic acids is 1. The van der Waals surface area contributed by atoms with Crippen molar-refractivity contribution in [2.24, 2.45) is 0 Å². The number of carboxylic acids is 1. The highest BCUT2D eigenvalue weighted by Gasteiger charge is 2.31. The molecule has 1 aliphatic rings. The van der Waals surface area contributed by atoms with Gasteiger partial charge in [-0.25, -0.2) is 4.79 Å². The summed E-state index contributed by atoms with van der Waals surface area (Å²) in [7, 11) is 0. The molecule has 0 aliphatic carbocycles. The average molecular weight is 398 g/mol. The molecule has 1 N–H and O–H groups in total. The smallest absolute Gasteiger partial charge is 0.339 e. The minimum atomic E-state index is -1.10. The van der Waals surface area contributed by atoms with Gasteiger partial charge >= 0.3 is 5.97 Å². The molecule has 6 nitrogen and oxygen atoms in total. The van der Waals surface area contributed by atoms with Crippen LogP contribution in [-0.2, 0) is 6.42 Å². The van der Waals surface area contributed by atoms with E-state index in [0.717, 1.165) is 0 Å². The quantitative estimate of drug-likeness (QED) is 0.819. The summed E-state index contributed by atoms with van der Waals surface area (Å²) in [6.45, 7) is 2.65. The minimum Gasteiger partial charge on any atom is -0.488 e. The largest absolute Gasteiger partial charge is 0.488 e. The molecule has 1 amide bonds. The lowest BCUT2D eigenvalue weighted by atomic mass is 10.2. The van der Waals surface area contributed by atoms with E-state index in [1.807, 2.05) is 0 Å². The number of aromatic carboxylic acids is 1. The van der Waals surface area contributed by atoms with Crippen LogP contribution in [0.5, 0.6) is 5.75 Å². The number of furan rings is 1. The van der Waals surface area contributed by atoms with Crippen molar-refractivity contribution in [3.05, 3.63) is 51.4 Å². The van der Waals surface area contributed by atoms with E-state index < -0.39 is 5.97 Å². The Balaban J connectivity index is 1.67. The molecule has 1 unspecified atom stereocenters. The monoisotopic (exact) mass is 397 g/mol. The Bertz CT molecular complexity index is 848. The lowest BCUT2D eigenvalue weighted by Gasteiger charge is -2.16. The summed E-state index contributed by atoms with van der Waals surface area (Å²) >= 11 is 11.9. The van der Waals surface area contributed by atoms with Crippen LogP contribution in [0.1, 0.15) is 40.0 Å². The minimum absolute atomic E-state index is 0.0265. The highest BCUT2D eigenvalue weighted by atomic mass is 35.5. The Morgan fingerprint density at radius 3 is 2.69 bits per heavy atom. The molecular weight excluding hydrogens is 381 g/mol. The fraction of sp³-hybridized carbons (Fsp3) is 0.333. The first-order chi connectivity index (χ1) is 12.4. The summed E-state index contributed by atoms with van der Waals surface area (Å²) in [5, 5.41) is 10.0. The predicted octanol–water partition coefficient (Wildman–Crippen LogP) is 4.14. The molecule has 1 aliphatic heterocycles. The molecule has 0 saturated carbocycles. The zero-order chi connectivity index (χ0) is 18.8. The van der Waals surface area contributed by atoms with Crippen molar-refractivity contribution in [3.63, 3.8) is 0 Å². The molecule has 1 saturated heterocycles. The standard InChI is InChI=1S/C18H17Cl2NO5/c1-2-15-12(18(23)24)8-16(26-15)17(22)21-6-5-11(9-21)25-10-3-4-13(19)14(20)7-10/h3-4,7-8,11H,2,5-6,9H2,1H3,(H,23,24). The molecule has 2 aromatic rings. The Labute approximate surface area is 160 Å². The number of benzene rings is 1. The molecule has 8 heteroatoms. The van der Waals surface area contributed by atoms with Crippen molar-refractivity contribution in [2.45, 2.75) is 25.9 Å². The van der Waals surface area contributed by atoms with E-state index in [1.54, 1.807) is 30.0 Å². The first kappa shape index (κ1) is 18.6. The van der Waals surface area contributed by atoms with E-state index in [2.05, 4.69) is 0 Å². The average Bonchev–Trinajstić information content (AvgIpc) is 3.24. The zero-order valence-corrected chi connectivity index (χ0v) is 15.5. The van der Waals surface area contributed by atoms with Crippen molar-refractivity contribution in [3.8, 4) is 5.75 Å². The molecule has 0 bridgehead atoms. The van der Waals surface area contributed by atoms with Crippen molar-refractivity contribution in [2.75, 3.05) is 13.1 Å². The second-order valence-corrected chi connectivity index (χ2v) is 6.78. The van der Waals surface area contributed by atoms with Gasteiger partial charge in [-0.1, -0.05) is 30.1 Å². The summed E-state index contributed by atoms with van der Waals surface area (Å²) < 4.78 is 11.3. The first-order valence-corrected chi connectivity index (χ1v) is 8.91. The van der Waals surface area contributed by atoms with E-state index in [9.17, 15) is 14.7 Å². The van der Waals surface area contributed by atoms with Crippen LogP contribution in [-0.4, -0.2) is 41.1 Å². The molecule has 1 aromatic carbocycles. The highest BCUT2D eigenvalue weighted by molar-refractivity contribution is 6.42. The summed E-state index contributed by atoms with van der Waals surface area (Å²) in [5.74, 6) is -0.532. The summed E-state index contributed by atoms with van der Waals surface area (Å²) in [4.78, 5) is 25.4. The molecule has 1 aromatic heterocycles. The number of hydrogen-bond acceptors (Lipinski definition) is 4. The number of likely N-dealkylation sites (tertiary alicyclic amines) is 1. The van der Waals surface area contributed by atoms with Gasteiger partial charge in [-0.05, 0) is 12.1 Å². The third kappa shape index (κ3) is 3.81. The van der Waals surface area contributed by atoms with Gasteiger partial charge in [0.1, 0.15) is 23.2 Å². The topological polar surface area (TPSA) is 80.0 Å². The van der Waals surface area contributed by atoms with E-state index in [1.165, 1.54) is 6.07 Å². The summed E-state index contributed by atoms with van der Waals surface area (Å²) in [6, 6.07) is 6.29. The molecule has 1 fully saturated rings. The first-order valence-electron chi connectivity index (χ1n) is 8.16. The molecule has 2 heterocycles. The third-order valence-corrected chi connectivity index (χ3v) is 4.94. The lowest BCUT2D eigenvalue weighted by molar-refractivity contribution is 0.0692. The summed E-state index contributed by atoms with van der Waals surface area (Å²) in [6.07, 6.45) is 0.868. The van der Waals surface area contributed by atoms with E-state index in [-0.39, 0.29) is 23.3 Å². The van der Waals surface area contributed by atoms with Crippen molar-refractivity contribution >= 4 is 35.1 Å². The third-order valence-electron chi connectivity index (χ3n) is 4.20. The highest BCUT2D eigenvalue weighted by Crippen LogP contribution is 2.28. The molecule has 1 atom stereocenters. The second kappa shape index (κ2) is 7.60. The summed E-state index contributed by atoms with van der Waals surface area (Å²) in [5.41, 5.74) is 0.0265. The molecule has 0 radical (unpaired) electrons. The number of aryl methyl sites for hydroxylation is 1. The van der Waals surface area contributed by atoms with Crippen LogP contribution in [0.2, 0.25) is 10.0 Å². The van der Waals surface area contributed by atoms with Crippen LogP contribution in [0.15, 0.2) is 28.7 Å². The predicted molar refractivity (Wildman–Crippen MR) is 96.4 cm³/mol. The molecular formula is C18H17Cl2NO5. The molecule has 0 spiro atoms. The van der Waals surface area contributed by atoms with Gasteiger partial charge in [0, 0.05) is 31.5 Å². The maximum absolute atomic E-state index is 12.6. The van der Waals surface area contributed by atoms with Crippen LogP contribution >= 0.6 is 23.2 Å². The fourth-order valence-corrected chi connectivity index (χ4v) is 3.17. The lowest BCUT2D eigenvalue weighted by Crippen LogP contribution is -2.30. The van der Waals surface area contributed by atoms with Crippen LogP contribution in [0.25, 0.3) is 0 Å². The van der Waals surface area contributed by atoms with Crippen LogP contribution in [0, 0.1) is 0 Å². The number of halogens is 2. The van der Waals surface area contributed by atoms with Crippen molar-refractivity contribution in [1.82, 2.24) is 4.90 Å². The number of nitrogens with zero attached hydrogens (tertiary/aromatic N) is 1. The van der Waals surface area contributed by atoms with Gasteiger partial charge in [0.25, 0.3) is 5.91 Å². The van der Waals surface area contributed by atoms with E-state index >= 15 is 0 Å². The van der Waals surface area contributed by atoms with Gasteiger partial charge in [-0.2, -0.15) is 0 Å². The van der Waals surface area contributed by atoms with Gasteiger partial charge in [0.15, 0.2) is 5.76 Å². The van der Waals surface area contributed by atoms with Crippen LogP contribution in [0.3, 0.4) is 0 Å². The zero-order valence-electron chi connectivity index (χ0n) is 14.0. The van der Waals surface area contributed by atoms with E-state index in [4.69, 9.17) is 32.4 Å². The number of amides is 1. The Morgan fingerprint density at radius 1 is 1.31 bits per heavy atom. The van der Waals surface area contributed by atoms with Gasteiger partial charge in [-0.15, -0.1) is 0 Å². The van der Waals surface area contributed by atoms with Crippen LogP contribution < -0.4 is 4.74 Å². The molecule has 138 valence electrons. The van der Waals surface area contributed by atoms with E-state index in [0.29, 0.717) is 47.5 Å².